The predicted octanol–water partition coefficient (Wildman–Crippen LogP) is 3.47. The van der Waals surface area contributed by atoms with Gasteiger partial charge in [-0.25, -0.2) is 4.39 Å². The van der Waals surface area contributed by atoms with Gasteiger partial charge >= 0.3 is 0 Å². The maximum absolute atomic E-state index is 12.8. The summed E-state index contributed by atoms with van der Waals surface area (Å²) in [7, 11) is 0. The lowest BCUT2D eigenvalue weighted by Gasteiger charge is -1.94. The molecule has 0 spiro atoms. The van der Waals surface area contributed by atoms with E-state index in [9.17, 15) is 4.39 Å². The Kier molecular flexibility index (Phi) is 3.06. The number of rotatable bonds is 3. The summed E-state index contributed by atoms with van der Waals surface area (Å²) >= 11 is 0. The van der Waals surface area contributed by atoms with Gasteiger partial charge in [0.25, 0.3) is 5.89 Å². The number of aromatic nitrogens is 2. The Bertz CT molecular complexity index is 662. The number of benzene rings is 2. The van der Waals surface area contributed by atoms with Crippen LogP contribution in [0.2, 0.25) is 0 Å². The average Bonchev–Trinajstić information content (AvgIpc) is 2.89. The normalized spacial score (nSPS) is 10.6. The van der Waals surface area contributed by atoms with Crippen LogP contribution in [0.5, 0.6) is 0 Å². The van der Waals surface area contributed by atoms with Crippen LogP contribution in [0, 0.1) is 5.82 Å². The van der Waals surface area contributed by atoms with Gasteiger partial charge in [-0.15, -0.1) is 0 Å². The van der Waals surface area contributed by atoms with E-state index in [1.165, 1.54) is 12.1 Å². The third-order valence-corrected chi connectivity index (χ3v) is 2.76. The molecule has 0 bridgehead atoms. The van der Waals surface area contributed by atoms with Gasteiger partial charge in [-0.1, -0.05) is 35.5 Å². The van der Waals surface area contributed by atoms with Crippen molar-refractivity contribution in [1.82, 2.24) is 10.1 Å². The summed E-state index contributed by atoms with van der Waals surface area (Å²) in [5.74, 6) is 0.740. The van der Waals surface area contributed by atoms with Crippen LogP contribution < -0.4 is 0 Å². The molecule has 3 aromatic rings. The molecule has 0 atom stereocenters. The third-order valence-electron chi connectivity index (χ3n) is 2.76. The van der Waals surface area contributed by atoms with Crippen LogP contribution in [-0.2, 0) is 6.42 Å². The molecule has 3 nitrogen and oxygen atoms in total. The molecule has 2 aromatic carbocycles. The summed E-state index contributed by atoms with van der Waals surface area (Å²) in [4.78, 5) is 4.31. The molecule has 0 saturated carbocycles. The van der Waals surface area contributed by atoms with Crippen molar-refractivity contribution in [2.75, 3.05) is 0 Å². The van der Waals surface area contributed by atoms with Crippen molar-refractivity contribution in [3.8, 4) is 11.5 Å². The van der Waals surface area contributed by atoms with Crippen LogP contribution >= 0.6 is 0 Å². The first-order valence-corrected chi connectivity index (χ1v) is 5.94. The first kappa shape index (κ1) is 11.6. The van der Waals surface area contributed by atoms with Crippen molar-refractivity contribution in [2.45, 2.75) is 6.42 Å². The van der Waals surface area contributed by atoms with E-state index < -0.39 is 0 Å². The van der Waals surface area contributed by atoms with Crippen molar-refractivity contribution in [3.63, 3.8) is 0 Å². The maximum Gasteiger partial charge on any atom is 0.257 e. The summed E-state index contributed by atoms with van der Waals surface area (Å²) in [6, 6.07) is 15.9. The molecule has 0 aliphatic carbocycles. The topological polar surface area (TPSA) is 38.9 Å². The fraction of sp³-hybridized carbons (Fsp3) is 0.0667. The summed E-state index contributed by atoms with van der Waals surface area (Å²) in [6.45, 7) is 0. The average molecular weight is 254 g/mol. The van der Waals surface area contributed by atoms with Crippen LogP contribution in [0.3, 0.4) is 0 Å². The van der Waals surface area contributed by atoms with Gasteiger partial charge in [0.15, 0.2) is 5.82 Å². The van der Waals surface area contributed by atoms with E-state index in [1.54, 1.807) is 12.1 Å². The van der Waals surface area contributed by atoms with Crippen LogP contribution in [0.1, 0.15) is 11.4 Å². The van der Waals surface area contributed by atoms with Crippen molar-refractivity contribution < 1.29 is 8.91 Å². The fourth-order valence-corrected chi connectivity index (χ4v) is 1.81. The minimum atomic E-state index is -0.284. The van der Waals surface area contributed by atoms with Crippen molar-refractivity contribution in [1.29, 1.82) is 0 Å². The molecule has 0 radical (unpaired) electrons. The van der Waals surface area contributed by atoms with E-state index in [4.69, 9.17) is 4.52 Å². The lowest BCUT2D eigenvalue weighted by atomic mass is 10.1. The van der Waals surface area contributed by atoms with Gasteiger partial charge in [0, 0.05) is 12.0 Å². The molecular formula is C15H11FN2O. The zero-order valence-corrected chi connectivity index (χ0v) is 10.1. The quantitative estimate of drug-likeness (QED) is 0.718. The summed E-state index contributed by atoms with van der Waals surface area (Å²) in [6.07, 6.45) is 0.617. The molecule has 94 valence electrons. The minimum Gasteiger partial charge on any atom is -0.334 e. The zero-order valence-electron chi connectivity index (χ0n) is 10.1. The van der Waals surface area contributed by atoms with Gasteiger partial charge in [-0.3, -0.25) is 0 Å². The van der Waals surface area contributed by atoms with Crippen molar-refractivity contribution in [3.05, 3.63) is 71.8 Å². The lowest BCUT2D eigenvalue weighted by molar-refractivity contribution is 0.424. The van der Waals surface area contributed by atoms with Crippen molar-refractivity contribution in [2.24, 2.45) is 0 Å². The van der Waals surface area contributed by atoms with Crippen molar-refractivity contribution >= 4 is 0 Å². The second kappa shape index (κ2) is 5.02. The first-order valence-electron chi connectivity index (χ1n) is 5.94. The minimum absolute atomic E-state index is 0.284. The standard InChI is InChI=1S/C15H11FN2O/c16-13-8-6-12(7-9-13)15-17-14(18-19-15)10-11-4-2-1-3-5-11/h1-9H,10H2. The molecular weight excluding hydrogens is 243 g/mol. The summed E-state index contributed by atoms with van der Waals surface area (Å²) < 4.78 is 18.0. The molecule has 0 saturated heterocycles. The van der Waals surface area contributed by atoms with Gasteiger partial charge < -0.3 is 4.52 Å². The predicted molar refractivity (Wildman–Crippen MR) is 68.9 cm³/mol. The summed E-state index contributed by atoms with van der Waals surface area (Å²) in [5, 5.41) is 3.93. The second-order valence-corrected chi connectivity index (χ2v) is 4.19. The highest BCUT2D eigenvalue weighted by atomic mass is 19.1. The van der Waals surface area contributed by atoms with E-state index >= 15 is 0 Å². The van der Waals surface area contributed by atoms with Crippen LogP contribution in [-0.4, -0.2) is 10.1 Å². The Labute approximate surface area is 109 Å². The van der Waals surface area contributed by atoms with Gasteiger partial charge in [-0.2, -0.15) is 4.98 Å². The molecule has 0 amide bonds. The Balaban J connectivity index is 1.82. The third kappa shape index (κ3) is 2.68. The largest absolute Gasteiger partial charge is 0.334 e. The van der Waals surface area contributed by atoms with E-state index in [1.807, 2.05) is 30.3 Å². The number of hydrogen-bond acceptors (Lipinski definition) is 3. The molecule has 1 heterocycles. The van der Waals surface area contributed by atoms with E-state index in [0.717, 1.165) is 5.56 Å². The molecule has 4 heteroatoms. The fourth-order valence-electron chi connectivity index (χ4n) is 1.81. The summed E-state index contributed by atoms with van der Waals surface area (Å²) in [5.41, 5.74) is 1.84. The number of nitrogens with zero attached hydrogens (tertiary/aromatic N) is 2. The van der Waals surface area contributed by atoms with Crippen LogP contribution in [0.15, 0.2) is 59.1 Å². The highest BCUT2D eigenvalue weighted by Gasteiger charge is 2.09. The Morgan fingerprint density at radius 1 is 0.947 bits per heavy atom. The molecule has 0 unspecified atom stereocenters. The first-order chi connectivity index (χ1) is 9.31. The zero-order chi connectivity index (χ0) is 13.1. The molecule has 0 N–H and O–H groups in total. The highest BCUT2D eigenvalue weighted by molar-refractivity contribution is 5.52. The Morgan fingerprint density at radius 2 is 1.68 bits per heavy atom. The van der Waals surface area contributed by atoms with Gasteiger partial charge in [0.05, 0.1) is 0 Å². The smallest absolute Gasteiger partial charge is 0.257 e. The maximum atomic E-state index is 12.8. The van der Waals surface area contributed by atoms with E-state index in [-0.39, 0.29) is 5.82 Å². The molecule has 19 heavy (non-hydrogen) atoms. The molecule has 1 aromatic heterocycles. The van der Waals surface area contributed by atoms with Gasteiger partial charge in [0.1, 0.15) is 5.82 Å². The Hall–Kier alpha value is -2.49. The Morgan fingerprint density at radius 3 is 2.42 bits per heavy atom. The lowest BCUT2D eigenvalue weighted by Crippen LogP contribution is -1.90. The second-order valence-electron chi connectivity index (χ2n) is 4.19. The molecule has 0 aliphatic heterocycles. The molecule has 0 aliphatic rings. The SMILES string of the molecule is Fc1ccc(-c2nc(Cc3ccccc3)no2)cc1. The van der Waals surface area contributed by atoms with Gasteiger partial charge in [0.2, 0.25) is 0 Å². The number of halogens is 1. The highest BCUT2D eigenvalue weighted by Crippen LogP contribution is 2.18. The monoisotopic (exact) mass is 254 g/mol. The van der Waals surface area contributed by atoms with Crippen LogP contribution in [0.4, 0.5) is 4.39 Å². The van der Waals surface area contributed by atoms with E-state index in [0.29, 0.717) is 23.7 Å². The number of hydrogen-bond donors (Lipinski definition) is 0. The molecule has 3 rings (SSSR count). The van der Waals surface area contributed by atoms with Crippen LogP contribution in [0.25, 0.3) is 11.5 Å². The molecule has 0 fully saturated rings. The van der Waals surface area contributed by atoms with Gasteiger partial charge in [-0.05, 0) is 29.8 Å². The van der Waals surface area contributed by atoms with E-state index in [2.05, 4.69) is 10.1 Å².